The predicted molar refractivity (Wildman–Crippen MR) is 70.4 cm³/mol. The molecule has 0 radical (unpaired) electrons. The number of likely N-dealkylation sites (tertiary alicyclic amines) is 1. The topological polar surface area (TPSA) is 49.0 Å². The molecular formula is C14H14F3N3O. The largest absolute Gasteiger partial charge is 0.418 e. The van der Waals surface area contributed by atoms with E-state index in [4.69, 9.17) is 0 Å². The lowest BCUT2D eigenvalue weighted by molar-refractivity contribution is -0.136. The molecule has 1 aromatic heterocycles. The van der Waals surface area contributed by atoms with Gasteiger partial charge in [-0.05, 0) is 24.5 Å². The summed E-state index contributed by atoms with van der Waals surface area (Å²) in [6.45, 7) is 2.56. The highest BCUT2D eigenvalue weighted by Gasteiger charge is 2.37. The number of fused-ring (bicyclic) bond motifs is 1. The van der Waals surface area contributed by atoms with Crippen LogP contribution in [-0.2, 0) is 11.0 Å². The number of para-hydroxylation sites is 1. The zero-order chi connectivity index (χ0) is 15.2. The van der Waals surface area contributed by atoms with Gasteiger partial charge in [-0.1, -0.05) is 13.0 Å². The average molecular weight is 297 g/mol. The van der Waals surface area contributed by atoms with Crippen molar-refractivity contribution in [1.82, 2.24) is 14.9 Å². The fraction of sp³-hybridized carbons (Fsp3) is 0.429. The maximum atomic E-state index is 13.0. The molecule has 2 atom stereocenters. The standard InChI is InChI=1S/C14H14F3N3O/c1-8-5-6-20(7-21)12(8)13-18-10-4-2-3-9(11(10)19-13)14(15,16)17/h2-4,7-8,12H,5-6H2,1H3,(H,18,19)/t8-,12-/m0/s1. The SMILES string of the molecule is C[C@H]1CCN(C=O)[C@@H]1c1nc2c(C(F)(F)F)cccc2[nH]1. The maximum absolute atomic E-state index is 13.0. The highest BCUT2D eigenvalue weighted by molar-refractivity contribution is 5.79. The molecule has 0 aliphatic carbocycles. The number of H-pyrrole nitrogens is 1. The van der Waals surface area contributed by atoms with Crippen molar-refractivity contribution in [3.63, 3.8) is 0 Å². The normalized spacial score (nSPS) is 23.0. The van der Waals surface area contributed by atoms with Gasteiger partial charge in [-0.25, -0.2) is 4.98 Å². The maximum Gasteiger partial charge on any atom is 0.418 e. The van der Waals surface area contributed by atoms with Crippen LogP contribution in [0.15, 0.2) is 18.2 Å². The quantitative estimate of drug-likeness (QED) is 0.866. The molecule has 1 N–H and O–H groups in total. The number of halogens is 3. The van der Waals surface area contributed by atoms with Crippen molar-refractivity contribution in [2.45, 2.75) is 25.6 Å². The van der Waals surface area contributed by atoms with Gasteiger partial charge in [0.2, 0.25) is 6.41 Å². The third-order valence-electron chi connectivity index (χ3n) is 3.99. The van der Waals surface area contributed by atoms with Gasteiger partial charge in [0.15, 0.2) is 0 Å². The molecule has 3 rings (SSSR count). The first kappa shape index (κ1) is 13.9. The third kappa shape index (κ3) is 2.26. The highest BCUT2D eigenvalue weighted by atomic mass is 19.4. The van der Waals surface area contributed by atoms with Crippen LogP contribution in [-0.4, -0.2) is 27.8 Å². The Labute approximate surface area is 119 Å². The number of nitrogens with one attached hydrogen (secondary N) is 1. The Bertz CT molecular complexity index is 680. The minimum atomic E-state index is -4.45. The van der Waals surface area contributed by atoms with Gasteiger partial charge in [0.05, 0.1) is 17.1 Å². The van der Waals surface area contributed by atoms with Gasteiger partial charge in [-0.2, -0.15) is 13.2 Å². The third-order valence-corrected chi connectivity index (χ3v) is 3.99. The number of nitrogens with zero attached hydrogens (tertiary/aromatic N) is 2. The van der Waals surface area contributed by atoms with Crippen LogP contribution < -0.4 is 0 Å². The summed E-state index contributed by atoms with van der Waals surface area (Å²) in [6, 6.07) is 3.63. The number of amides is 1. The molecule has 0 unspecified atom stereocenters. The Kier molecular flexibility index (Phi) is 3.15. The Morgan fingerprint density at radius 3 is 2.86 bits per heavy atom. The van der Waals surface area contributed by atoms with Crippen molar-refractivity contribution < 1.29 is 18.0 Å². The van der Waals surface area contributed by atoms with Crippen molar-refractivity contribution in [2.24, 2.45) is 5.92 Å². The zero-order valence-electron chi connectivity index (χ0n) is 11.3. The minimum absolute atomic E-state index is 0.0926. The molecule has 1 aliphatic heterocycles. The Balaban J connectivity index is 2.11. The number of aromatic nitrogens is 2. The van der Waals surface area contributed by atoms with Crippen molar-refractivity contribution >= 4 is 17.4 Å². The second-order valence-corrected chi connectivity index (χ2v) is 5.38. The van der Waals surface area contributed by atoms with Crippen LogP contribution in [0.1, 0.15) is 30.8 Å². The molecule has 1 aromatic carbocycles. The number of carbonyl (C=O) groups excluding carboxylic acids is 1. The van der Waals surface area contributed by atoms with Gasteiger partial charge in [0.1, 0.15) is 11.3 Å². The molecule has 1 fully saturated rings. The fourth-order valence-corrected chi connectivity index (χ4v) is 2.94. The molecule has 0 saturated carbocycles. The van der Waals surface area contributed by atoms with Crippen LogP contribution in [0.4, 0.5) is 13.2 Å². The summed E-state index contributed by atoms with van der Waals surface area (Å²) in [5.74, 6) is 0.573. The van der Waals surface area contributed by atoms with E-state index < -0.39 is 11.7 Å². The Morgan fingerprint density at radius 1 is 1.43 bits per heavy atom. The van der Waals surface area contributed by atoms with E-state index in [2.05, 4.69) is 9.97 Å². The number of benzene rings is 1. The van der Waals surface area contributed by atoms with E-state index in [9.17, 15) is 18.0 Å². The predicted octanol–water partition coefficient (Wildman–Crippen LogP) is 3.12. The smallest absolute Gasteiger partial charge is 0.340 e. The second kappa shape index (κ2) is 4.75. The van der Waals surface area contributed by atoms with E-state index in [-0.39, 0.29) is 17.5 Å². The average Bonchev–Trinajstić information content (AvgIpc) is 2.99. The summed E-state index contributed by atoms with van der Waals surface area (Å²) in [5.41, 5.74) is -0.513. The number of alkyl halides is 3. The van der Waals surface area contributed by atoms with Gasteiger partial charge in [0.25, 0.3) is 0 Å². The fourth-order valence-electron chi connectivity index (χ4n) is 2.94. The minimum Gasteiger partial charge on any atom is -0.340 e. The summed E-state index contributed by atoms with van der Waals surface area (Å²) in [6.07, 6.45) is -2.91. The number of aromatic amines is 1. The molecule has 1 amide bonds. The van der Waals surface area contributed by atoms with Crippen LogP contribution in [0.25, 0.3) is 11.0 Å². The van der Waals surface area contributed by atoms with Crippen LogP contribution in [0.5, 0.6) is 0 Å². The lowest BCUT2D eigenvalue weighted by atomic mass is 10.0. The molecule has 0 spiro atoms. The van der Waals surface area contributed by atoms with Crippen molar-refractivity contribution in [3.05, 3.63) is 29.6 Å². The van der Waals surface area contributed by atoms with Crippen molar-refractivity contribution in [1.29, 1.82) is 0 Å². The van der Waals surface area contributed by atoms with Gasteiger partial charge in [-0.3, -0.25) is 4.79 Å². The first-order valence-corrected chi connectivity index (χ1v) is 6.68. The van der Waals surface area contributed by atoms with Gasteiger partial charge >= 0.3 is 6.18 Å². The molecule has 1 saturated heterocycles. The first-order valence-electron chi connectivity index (χ1n) is 6.68. The molecule has 2 heterocycles. The number of hydrogen-bond donors (Lipinski definition) is 1. The van der Waals surface area contributed by atoms with Crippen LogP contribution in [0, 0.1) is 5.92 Å². The van der Waals surface area contributed by atoms with E-state index in [1.165, 1.54) is 6.07 Å². The molecule has 7 heteroatoms. The van der Waals surface area contributed by atoms with Crippen molar-refractivity contribution in [3.8, 4) is 0 Å². The summed E-state index contributed by atoms with van der Waals surface area (Å²) in [7, 11) is 0. The molecule has 1 aliphatic rings. The van der Waals surface area contributed by atoms with E-state index in [1.807, 2.05) is 6.92 Å². The van der Waals surface area contributed by atoms with Crippen LogP contribution in [0.2, 0.25) is 0 Å². The number of hydrogen-bond acceptors (Lipinski definition) is 2. The number of rotatable bonds is 2. The van der Waals surface area contributed by atoms with E-state index in [1.54, 1.807) is 11.0 Å². The lowest BCUT2D eigenvalue weighted by Crippen LogP contribution is -2.24. The molecule has 4 nitrogen and oxygen atoms in total. The zero-order valence-corrected chi connectivity index (χ0v) is 11.3. The molecule has 2 aromatic rings. The first-order chi connectivity index (χ1) is 9.91. The summed E-state index contributed by atoms with van der Waals surface area (Å²) in [5, 5.41) is 0. The van der Waals surface area contributed by atoms with Crippen molar-refractivity contribution in [2.75, 3.05) is 6.54 Å². The van der Waals surface area contributed by atoms with Crippen LogP contribution in [0.3, 0.4) is 0 Å². The van der Waals surface area contributed by atoms with Gasteiger partial charge in [-0.15, -0.1) is 0 Å². The highest BCUT2D eigenvalue weighted by Crippen LogP contribution is 2.38. The number of imidazole rings is 1. The van der Waals surface area contributed by atoms with E-state index >= 15 is 0 Å². The van der Waals surface area contributed by atoms with Gasteiger partial charge < -0.3 is 9.88 Å². The molecule has 0 bridgehead atoms. The van der Waals surface area contributed by atoms with Crippen LogP contribution >= 0.6 is 0 Å². The van der Waals surface area contributed by atoms with E-state index in [0.717, 1.165) is 18.9 Å². The molecular weight excluding hydrogens is 283 g/mol. The second-order valence-electron chi connectivity index (χ2n) is 5.38. The molecule has 21 heavy (non-hydrogen) atoms. The summed E-state index contributed by atoms with van der Waals surface area (Å²) < 4.78 is 39.0. The Morgan fingerprint density at radius 2 is 2.19 bits per heavy atom. The number of carbonyl (C=O) groups is 1. The summed E-state index contributed by atoms with van der Waals surface area (Å²) in [4.78, 5) is 19.7. The monoisotopic (exact) mass is 297 g/mol. The summed E-state index contributed by atoms with van der Waals surface area (Å²) >= 11 is 0. The lowest BCUT2D eigenvalue weighted by Gasteiger charge is -2.20. The Hall–Kier alpha value is -2.05. The van der Waals surface area contributed by atoms with E-state index in [0.29, 0.717) is 17.9 Å². The molecule has 112 valence electrons. The van der Waals surface area contributed by atoms with Gasteiger partial charge in [0, 0.05) is 6.54 Å².